The van der Waals surface area contributed by atoms with Gasteiger partial charge in [-0.2, -0.15) is 0 Å². The van der Waals surface area contributed by atoms with E-state index in [1.807, 2.05) is 6.92 Å². The Morgan fingerprint density at radius 1 is 1.47 bits per heavy atom. The van der Waals surface area contributed by atoms with Crippen LogP contribution in [0.1, 0.15) is 36.9 Å². The van der Waals surface area contributed by atoms with Gasteiger partial charge in [-0.3, -0.25) is 0 Å². The van der Waals surface area contributed by atoms with E-state index in [4.69, 9.17) is 10.5 Å². The average Bonchev–Trinajstić information content (AvgIpc) is 3.00. The average molecular weight is 205 g/mol. The molecular weight excluding hydrogens is 186 g/mol. The minimum atomic E-state index is 0.0777. The minimum absolute atomic E-state index is 0.0777. The summed E-state index contributed by atoms with van der Waals surface area (Å²) in [5.74, 6) is 1.79. The first-order chi connectivity index (χ1) is 7.16. The van der Waals surface area contributed by atoms with Crippen LogP contribution in [0.3, 0.4) is 0 Å². The number of rotatable bonds is 4. The maximum Gasteiger partial charge on any atom is 0.122 e. The molecule has 15 heavy (non-hydrogen) atoms. The molecule has 1 aromatic carbocycles. The first kappa shape index (κ1) is 10.5. The van der Waals surface area contributed by atoms with E-state index in [1.54, 1.807) is 0 Å². The molecular formula is C13H19NO. The Morgan fingerprint density at radius 2 is 2.20 bits per heavy atom. The number of aryl methyl sites for hydroxylation is 1. The second-order valence-corrected chi connectivity index (χ2v) is 4.57. The molecule has 0 radical (unpaired) electrons. The largest absolute Gasteiger partial charge is 0.493 e. The fraction of sp³-hybridized carbons (Fsp3) is 0.538. The molecule has 0 aliphatic heterocycles. The van der Waals surface area contributed by atoms with E-state index in [2.05, 4.69) is 25.1 Å². The summed E-state index contributed by atoms with van der Waals surface area (Å²) >= 11 is 0. The highest BCUT2D eigenvalue weighted by Crippen LogP contribution is 2.30. The van der Waals surface area contributed by atoms with Crippen LogP contribution in [0.2, 0.25) is 0 Å². The van der Waals surface area contributed by atoms with E-state index in [0.29, 0.717) is 0 Å². The maximum atomic E-state index is 5.85. The van der Waals surface area contributed by atoms with Crippen LogP contribution in [-0.2, 0) is 0 Å². The second-order valence-electron chi connectivity index (χ2n) is 4.57. The van der Waals surface area contributed by atoms with E-state index in [0.717, 1.165) is 23.8 Å². The van der Waals surface area contributed by atoms with Crippen LogP contribution in [-0.4, -0.2) is 6.61 Å². The molecule has 0 aromatic heterocycles. The van der Waals surface area contributed by atoms with Crippen LogP contribution < -0.4 is 10.5 Å². The summed E-state index contributed by atoms with van der Waals surface area (Å²) in [5.41, 5.74) is 8.18. The fourth-order valence-corrected chi connectivity index (χ4v) is 1.55. The molecule has 1 saturated carbocycles. The monoisotopic (exact) mass is 205 g/mol. The van der Waals surface area contributed by atoms with Crippen molar-refractivity contribution >= 4 is 0 Å². The van der Waals surface area contributed by atoms with Crippen molar-refractivity contribution in [3.63, 3.8) is 0 Å². The Balaban J connectivity index is 2.08. The van der Waals surface area contributed by atoms with E-state index >= 15 is 0 Å². The van der Waals surface area contributed by atoms with Crippen LogP contribution in [0.5, 0.6) is 5.75 Å². The van der Waals surface area contributed by atoms with Gasteiger partial charge in [0.25, 0.3) is 0 Å². The van der Waals surface area contributed by atoms with Crippen LogP contribution in [0.15, 0.2) is 18.2 Å². The first-order valence-electron chi connectivity index (χ1n) is 5.65. The Hall–Kier alpha value is -1.02. The van der Waals surface area contributed by atoms with Gasteiger partial charge >= 0.3 is 0 Å². The lowest BCUT2D eigenvalue weighted by Gasteiger charge is -2.12. The molecule has 1 aliphatic carbocycles. The summed E-state index contributed by atoms with van der Waals surface area (Å²) in [5, 5.41) is 0. The number of benzene rings is 1. The lowest BCUT2D eigenvalue weighted by molar-refractivity contribution is 0.297. The molecule has 82 valence electrons. The van der Waals surface area contributed by atoms with E-state index in [9.17, 15) is 0 Å². The molecule has 1 aliphatic rings. The molecule has 0 bridgehead atoms. The van der Waals surface area contributed by atoms with Gasteiger partial charge in [-0.25, -0.2) is 0 Å². The zero-order valence-corrected chi connectivity index (χ0v) is 9.49. The summed E-state index contributed by atoms with van der Waals surface area (Å²) in [6.45, 7) is 4.94. The van der Waals surface area contributed by atoms with Gasteiger partial charge in [-0.05, 0) is 49.8 Å². The molecule has 0 saturated heterocycles. The lowest BCUT2D eigenvalue weighted by atomic mass is 10.1. The highest BCUT2D eigenvalue weighted by atomic mass is 16.5. The number of hydrogen-bond donors (Lipinski definition) is 1. The molecule has 1 atom stereocenters. The summed E-state index contributed by atoms with van der Waals surface area (Å²) < 4.78 is 5.80. The molecule has 0 heterocycles. The van der Waals surface area contributed by atoms with Crippen LogP contribution in [0.25, 0.3) is 0 Å². The van der Waals surface area contributed by atoms with E-state index < -0.39 is 0 Å². The van der Waals surface area contributed by atoms with Crippen molar-refractivity contribution in [1.29, 1.82) is 0 Å². The minimum Gasteiger partial charge on any atom is -0.493 e. The molecule has 0 amide bonds. The van der Waals surface area contributed by atoms with Gasteiger partial charge in [0.05, 0.1) is 6.61 Å². The summed E-state index contributed by atoms with van der Waals surface area (Å²) in [4.78, 5) is 0. The van der Waals surface area contributed by atoms with Gasteiger partial charge in [0, 0.05) is 6.04 Å². The molecule has 1 fully saturated rings. The third-order valence-corrected chi connectivity index (χ3v) is 2.91. The third kappa shape index (κ3) is 2.72. The number of ether oxygens (including phenoxy) is 1. The molecule has 2 rings (SSSR count). The quantitative estimate of drug-likeness (QED) is 0.820. The van der Waals surface area contributed by atoms with Crippen LogP contribution >= 0.6 is 0 Å². The van der Waals surface area contributed by atoms with Gasteiger partial charge < -0.3 is 10.5 Å². The molecule has 1 unspecified atom stereocenters. The van der Waals surface area contributed by atoms with Crippen molar-refractivity contribution in [2.75, 3.05) is 6.61 Å². The topological polar surface area (TPSA) is 35.2 Å². The summed E-state index contributed by atoms with van der Waals surface area (Å²) in [7, 11) is 0. The summed E-state index contributed by atoms with van der Waals surface area (Å²) in [6, 6.07) is 6.31. The SMILES string of the molecule is Cc1ccc(C(C)N)cc1OCC1CC1. The highest BCUT2D eigenvalue weighted by molar-refractivity contribution is 5.37. The van der Waals surface area contributed by atoms with E-state index in [1.165, 1.54) is 18.4 Å². The van der Waals surface area contributed by atoms with Crippen LogP contribution in [0.4, 0.5) is 0 Å². The van der Waals surface area contributed by atoms with E-state index in [-0.39, 0.29) is 6.04 Å². The fourth-order valence-electron chi connectivity index (χ4n) is 1.55. The molecule has 0 spiro atoms. The standard InChI is InChI=1S/C13H19NO/c1-9-3-6-12(10(2)14)7-13(9)15-8-11-4-5-11/h3,6-7,10-11H,4-5,8,14H2,1-2H3. The first-order valence-corrected chi connectivity index (χ1v) is 5.65. The van der Waals surface area contributed by atoms with Gasteiger partial charge in [-0.15, -0.1) is 0 Å². The maximum absolute atomic E-state index is 5.85. The van der Waals surface area contributed by atoms with Gasteiger partial charge in [0.2, 0.25) is 0 Å². The van der Waals surface area contributed by atoms with Gasteiger partial charge in [-0.1, -0.05) is 12.1 Å². The Labute approximate surface area is 91.4 Å². The van der Waals surface area contributed by atoms with Crippen molar-refractivity contribution < 1.29 is 4.74 Å². The number of nitrogens with two attached hydrogens (primary N) is 1. The second kappa shape index (κ2) is 4.23. The molecule has 1 aromatic rings. The van der Waals surface area contributed by atoms with Crippen LogP contribution in [0, 0.1) is 12.8 Å². The molecule has 2 nitrogen and oxygen atoms in total. The Bertz CT molecular complexity index is 342. The zero-order chi connectivity index (χ0) is 10.8. The third-order valence-electron chi connectivity index (χ3n) is 2.91. The van der Waals surface area contributed by atoms with Crippen molar-refractivity contribution in [2.45, 2.75) is 32.7 Å². The Morgan fingerprint density at radius 3 is 2.80 bits per heavy atom. The van der Waals surface area contributed by atoms with Crippen molar-refractivity contribution in [2.24, 2.45) is 11.7 Å². The molecule has 2 N–H and O–H groups in total. The smallest absolute Gasteiger partial charge is 0.122 e. The van der Waals surface area contributed by atoms with Gasteiger partial charge in [0.1, 0.15) is 5.75 Å². The molecule has 2 heteroatoms. The van der Waals surface area contributed by atoms with Crippen molar-refractivity contribution in [3.8, 4) is 5.75 Å². The predicted octanol–water partition coefficient (Wildman–Crippen LogP) is 2.80. The van der Waals surface area contributed by atoms with Crippen molar-refractivity contribution in [3.05, 3.63) is 29.3 Å². The zero-order valence-electron chi connectivity index (χ0n) is 9.49. The van der Waals surface area contributed by atoms with Crippen molar-refractivity contribution in [1.82, 2.24) is 0 Å². The predicted molar refractivity (Wildman–Crippen MR) is 62.0 cm³/mol. The normalized spacial score (nSPS) is 17.5. The highest BCUT2D eigenvalue weighted by Gasteiger charge is 2.22. The Kier molecular flexibility index (Phi) is 2.96. The number of hydrogen-bond acceptors (Lipinski definition) is 2. The summed E-state index contributed by atoms with van der Waals surface area (Å²) in [6.07, 6.45) is 2.65. The lowest BCUT2D eigenvalue weighted by Crippen LogP contribution is -2.06. The van der Waals surface area contributed by atoms with Gasteiger partial charge in [0.15, 0.2) is 0 Å².